The second kappa shape index (κ2) is 15.5. The molecule has 0 aliphatic carbocycles. The number of nitrogens with one attached hydrogen (secondary N) is 1. The SMILES string of the molecule is CCC(c1nc(-c2cc3c(Nc4ccc(OCc5cccc(F)c5)c(Cl)c4)ncnc3cc2OC)cs1)N(C)CCS(=O)(=O)c1ccccc1. The van der Waals surface area contributed by atoms with Crippen LogP contribution in [0.2, 0.25) is 5.02 Å². The minimum atomic E-state index is -3.41. The molecule has 0 aliphatic heterocycles. The van der Waals surface area contributed by atoms with Crippen molar-refractivity contribution in [1.29, 1.82) is 0 Å². The number of sulfone groups is 1. The number of benzene rings is 4. The van der Waals surface area contributed by atoms with Crippen molar-refractivity contribution in [2.75, 3.05) is 31.8 Å². The Labute approximate surface area is 299 Å². The molecule has 0 fully saturated rings. The Morgan fingerprint density at radius 3 is 2.56 bits per heavy atom. The molecule has 0 saturated carbocycles. The third-order valence-corrected chi connectivity index (χ3v) is 11.2. The van der Waals surface area contributed by atoms with Gasteiger partial charge in [-0.05, 0) is 67.6 Å². The monoisotopic (exact) mass is 731 g/mol. The highest BCUT2D eigenvalue weighted by Crippen LogP contribution is 2.39. The van der Waals surface area contributed by atoms with Gasteiger partial charge < -0.3 is 14.8 Å². The van der Waals surface area contributed by atoms with Crippen LogP contribution in [0.4, 0.5) is 15.9 Å². The predicted octanol–water partition coefficient (Wildman–Crippen LogP) is 8.73. The Balaban J connectivity index is 1.21. The Morgan fingerprint density at radius 2 is 1.82 bits per heavy atom. The molecular weight excluding hydrogens is 697 g/mol. The zero-order valence-electron chi connectivity index (χ0n) is 27.6. The molecule has 0 bridgehead atoms. The Hall–Kier alpha value is -4.62. The normalized spacial score (nSPS) is 12.3. The summed E-state index contributed by atoms with van der Waals surface area (Å²) < 4.78 is 51.0. The largest absolute Gasteiger partial charge is 0.496 e. The lowest BCUT2D eigenvalue weighted by atomic mass is 10.1. The molecule has 0 aliphatic rings. The molecule has 4 aromatic carbocycles. The summed E-state index contributed by atoms with van der Waals surface area (Å²) in [6.07, 6.45) is 2.23. The van der Waals surface area contributed by atoms with E-state index in [9.17, 15) is 12.8 Å². The number of hydrogen-bond acceptors (Lipinski definition) is 10. The zero-order valence-corrected chi connectivity index (χ0v) is 30.0. The fraction of sp³-hybridized carbons (Fsp3) is 0.216. The van der Waals surface area contributed by atoms with Gasteiger partial charge in [0.05, 0.1) is 40.0 Å². The number of anilines is 2. The highest BCUT2D eigenvalue weighted by Gasteiger charge is 2.23. The number of nitrogens with zero attached hydrogens (tertiary/aromatic N) is 4. The van der Waals surface area contributed by atoms with E-state index in [0.717, 1.165) is 28.1 Å². The predicted molar refractivity (Wildman–Crippen MR) is 197 cm³/mol. The fourth-order valence-corrected chi connectivity index (χ4v) is 8.22. The second-order valence-electron chi connectivity index (χ2n) is 11.6. The van der Waals surface area contributed by atoms with Crippen molar-refractivity contribution < 1.29 is 22.3 Å². The molecule has 6 rings (SSSR count). The summed E-state index contributed by atoms with van der Waals surface area (Å²) in [5.74, 6) is 1.31. The van der Waals surface area contributed by atoms with Crippen LogP contribution < -0.4 is 14.8 Å². The number of ether oxygens (including phenoxy) is 2. The van der Waals surface area contributed by atoms with Crippen molar-refractivity contribution in [3.8, 4) is 22.8 Å². The van der Waals surface area contributed by atoms with Crippen LogP contribution in [0, 0.1) is 5.82 Å². The van der Waals surface area contributed by atoms with Gasteiger partial charge in [-0.15, -0.1) is 11.3 Å². The number of rotatable bonds is 14. The number of halogens is 2. The molecule has 258 valence electrons. The van der Waals surface area contributed by atoms with E-state index in [-0.39, 0.29) is 24.2 Å². The molecule has 0 saturated heterocycles. The van der Waals surface area contributed by atoms with Crippen LogP contribution in [0.15, 0.2) is 102 Å². The van der Waals surface area contributed by atoms with E-state index < -0.39 is 9.84 Å². The van der Waals surface area contributed by atoms with Crippen LogP contribution in [-0.4, -0.2) is 54.7 Å². The minimum Gasteiger partial charge on any atom is -0.496 e. The van der Waals surface area contributed by atoms with Crippen LogP contribution in [-0.2, 0) is 16.4 Å². The first-order chi connectivity index (χ1) is 24.1. The molecule has 1 unspecified atom stereocenters. The summed E-state index contributed by atoms with van der Waals surface area (Å²) in [5, 5.41) is 7.33. The maximum absolute atomic E-state index is 13.6. The number of fused-ring (bicyclic) bond motifs is 1. The van der Waals surface area contributed by atoms with Crippen molar-refractivity contribution in [3.05, 3.63) is 118 Å². The lowest BCUT2D eigenvalue weighted by Crippen LogP contribution is -2.29. The molecule has 9 nitrogen and oxygen atoms in total. The number of aromatic nitrogens is 3. The molecule has 2 aromatic heterocycles. The first-order valence-electron chi connectivity index (χ1n) is 15.9. The number of hydrogen-bond donors (Lipinski definition) is 1. The van der Waals surface area contributed by atoms with Gasteiger partial charge in [-0.1, -0.05) is 48.9 Å². The Bertz CT molecular complexity index is 2220. The molecule has 2 heterocycles. The van der Waals surface area contributed by atoms with Gasteiger partial charge >= 0.3 is 0 Å². The van der Waals surface area contributed by atoms with Crippen molar-refractivity contribution in [3.63, 3.8) is 0 Å². The first-order valence-corrected chi connectivity index (χ1v) is 18.8. The van der Waals surface area contributed by atoms with E-state index in [1.807, 2.05) is 35.5 Å². The van der Waals surface area contributed by atoms with Gasteiger partial charge in [0.2, 0.25) is 0 Å². The summed E-state index contributed by atoms with van der Waals surface area (Å²) in [6, 6.07) is 23.8. The lowest BCUT2D eigenvalue weighted by Gasteiger charge is -2.25. The quantitative estimate of drug-likeness (QED) is 0.118. The summed E-state index contributed by atoms with van der Waals surface area (Å²) in [7, 11) is 0.122. The lowest BCUT2D eigenvalue weighted by molar-refractivity contribution is 0.251. The molecule has 13 heteroatoms. The van der Waals surface area contributed by atoms with E-state index in [1.54, 1.807) is 61.7 Å². The summed E-state index contributed by atoms with van der Waals surface area (Å²) in [4.78, 5) is 16.4. The van der Waals surface area contributed by atoms with Gasteiger partial charge in [0.25, 0.3) is 0 Å². The molecule has 50 heavy (non-hydrogen) atoms. The highest BCUT2D eigenvalue weighted by molar-refractivity contribution is 7.91. The fourth-order valence-electron chi connectivity index (χ4n) is 5.58. The summed E-state index contributed by atoms with van der Waals surface area (Å²) >= 11 is 8.08. The van der Waals surface area contributed by atoms with Crippen molar-refractivity contribution in [1.82, 2.24) is 19.9 Å². The topological polar surface area (TPSA) is 107 Å². The van der Waals surface area contributed by atoms with Crippen molar-refractivity contribution in [2.45, 2.75) is 30.9 Å². The average Bonchev–Trinajstić information content (AvgIpc) is 3.60. The maximum atomic E-state index is 13.6. The van der Waals surface area contributed by atoms with Gasteiger partial charge in [0.1, 0.15) is 41.1 Å². The first kappa shape index (κ1) is 35.2. The van der Waals surface area contributed by atoms with Crippen molar-refractivity contribution in [2.24, 2.45) is 0 Å². The maximum Gasteiger partial charge on any atom is 0.179 e. The molecule has 0 radical (unpaired) electrons. The molecule has 0 spiro atoms. The van der Waals surface area contributed by atoms with Gasteiger partial charge in [-0.3, -0.25) is 4.90 Å². The van der Waals surface area contributed by atoms with Gasteiger partial charge in [-0.2, -0.15) is 0 Å². The third kappa shape index (κ3) is 8.05. The third-order valence-electron chi connectivity index (χ3n) is 8.25. The molecular formula is C37H35ClFN5O4S2. The highest BCUT2D eigenvalue weighted by atomic mass is 35.5. The summed E-state index contributed by atoms with van der Waals surface area (Å²) in [5.41, 5.74) is 3.55. The van der Waals surface area contributed by atoms with E-state index in [0.29, 0.717) is 50.5 Å². The van der Waals surface area contributed by atoms with Crippen LogP contribution in [0.25, 0.3) is 22.2 Å². The molecule has 1 N–H and O–H groups in total. The van der Waals surface area contributed by atoms with E-state index in [4.69, 9.17) is 26.1 Å². The second-order valence-corrected chi connectivity index (χ2v) is 15.0. The zero-order chi connectivity index (χ0) is 35.3. The van der Waals surface area contributed by atoms with Gasteiger partial charge in [0.15, 0.2) is 9.84 Å². The molecule has 0 amide bonds. The average molecular weight is 732 g/mol. The van der Waals surface area contributed by atoms with Gasteiger partial charge in [-0.25, -0.2) is 27.8 Å². The minimum absolute atomic E-state index is 0.00634. The van der Waals surface area contributed by atoms with E-state index in [1.165, 1.54) is 29.8 Å². The number of thiazole rings is 1. The van der Waals surface area contributed by atoms with Gasteiger partial charge in [0, 0.05) is 34.6 Å². The van der Waals surface area contributed by atoms with Crippen LogP contribution in [0.5, 0.6) is 11.5 Å². The van der Waals surface area contributed by atoms with Crippen LogP contribution in [0.3, 0.4) is 0 Å². The van der Waals surface area contributed by atoms with E-state index >= 15 is 0 Å². The molecule has 6 aromatic rings. The molecule has 1 atom stereocenters. The Morgan fingerprint density at radius 1 is 1.00 bits per heavy atom. The van der Waals surface area contributed by atoms with Crippen LogP contribution >= 0.6 is 22.9 Å². The number of methoxy groups -OCH3 is 1. The van der Waals surface area contributed by atoms with Crippen LogP contribution in [0.1, 0.15) is 30.0 Å². The standard InChI is InChI=1S/C37H35ClFN5O4S2/c1-4-33(44(2)15-16-50(45,46)27-11-6-5-7-12-27)37-43-32(22-49-37)28-19-29-31(20-35(28)47-3)40-23-41-36(29)42-26-13-14-34(30(38)18-26)48-21-24-9-8-10-25(39)17-24/h5-14,17-20,22-23,33H,4,15-16,21H2,1-3H3,(H,40,41,42). The Kier molecular flexibility index (Phi) is 10.9. The van der Waals surface area contributed by atoms with E-state index in [2.05, 4.69) is 22.2 Å². The van der Waals surface area contributed by atoms with Crippen molar-refractivity contribution >= 4 is 55.2 Å². The summed E-state index contributed by atoms with van der Waals surface area (Å²) in [6.45, 7) is 2.60. The smallest absolute Gasteiger partial charge is 0.179 e.